The van der Waals surface area contributed by atoms with Gasteiger partial charge in [0.1, 0.15) is 6.61 Å². The summed E-state index contributed by atoms with van der Waals surface area (Å²) in [5.74, 6) is 3.11. The van der Waals surface area contributed by atoms with Crippen LogP contribution >= 0.6 is 0 Å². The minimum atomic E-state index is 0.409. The third kappa shape index (κ3) is 6.42. The molecule has 0 spiro atoms. The fourth-order valence-electron chi connectivity index (χ4n) is 1.17. The quantitative estimate of drug-likeness (QED) is 0.347. The second kappa shape index (κ2) is 7.89. The lowest BCUT2D eigenvalue weighted by molar-refractivity contribution is 0.198. The van der Waals surface area contributed by atoms with Crippen LogP contribution in [-0.4, -0.2) is 13.2 Å². The summed E-state index contributed by atoms with van der Waals surface area (Å²) in [6, 6.07) is 0. The molecule has 0 bridgehead atoms. The molecule has 74 valence electrons. The van der Waals surface area contributed by atoms with Crippen molar-refractivity contribution < 1.29 is 4.74 Å². The van der Waals surface area contributed by atoms with E-state index in [0.717, 1.165) is 0 Å². The maximum atomic E-state index is 5.17. The zero-order valence-electron chi connectivity index (χ0n) is 8.97. The molecule has 13 heavy (non-hydrogen) atoms. The predicted octanol–water partition coefficient (Wildman–Crippen LogP) is 3.02. The molecule has 0 aromatic rings. The predicted molar refractivity (Wildman–Crippen MR) is 57.5 cm³/mol. The Morgan fingerprint density at radius 1 is 1.62 bits per heavy atom. The van der Waals surface area contributed by atoms with Gasteiger partial charge in [0.2, 0.25) is 0 Å². The topological polar surface area (TPSA) is 9.23 Å². The van der Waals surface area contributed by atoms with E-state index < -0.39 is 0 Å². The zero-order valence-corrected chi connectivity index (χ0v) is 8.97. The van der Waals surface area contributed by atoms with E-state index >= 15 is 0 Å². The highest BCUT2D eigenvalue weighted by atomic mass is 16.5. The molecule has 0 rings (SSSR count). The van der Waals surface area contributed by atoms with Gasteiger partial charge in [0.15, 0.2) is 0 Å². The summed E-state index contributed by atoms with van der Waals surface area (Å²) in [6.07, 6.45) is 9.66. The SMILES string of the molecule is C#CCOCC=C(C)C(C)CCC. The fraction of sp³-hybridized carbons (Fsp3) is 0.667. The van der Waals surface area contributed by atoms with Crippen LogP contribution in [-0.2, 0) is 4.74 Å². The van der Waals surface area contributed by atoms with Crippen LogP contribution in [0.15, 0.2) is 11.6 Å². The van der Waals surface area contributed by atoms with Gasteiger partial charge in [0.25, 0.3) is 0 Å². The standard InChI is InChI=1S/C12H20O/c1-5-7-11(3)12(4)8-10-13-9-6-2/h2,8,11H,5,7,9-10H2,1,3-4H3. The van der Waals surface area contributed by atoms with Crippen LogP contribution in [0, 0.1) is 18.3 Å². The zero-order chi connectivity index (χ0) is 10.1. The summed E-state index contributed by atoms with van der Waals surface area (Å²) in [5.41, 5.74) is 1.40. The van der Waals surface area contributed by atoms with E-state index in [1.165, 1.54) is 18.4 Å². The van der Waals surface area contributed by atoms with Crippen molar-refractivity contribution >= 4 is 0 Å². The van der Waals surface area contributed by atoms with Gasteiger partial charge in [0.05, 0.1) is 6.61 Å². The molecule has 1 atom stereocenters. The van der Waals surface area contributed by atoms with Gasteiger partial charge < -0.3 is 4.74 Å². The van der Waals surface area contributed by atoms with Crippen molar-refractivity contribution in [3.8, 4) is 12.3 Å². The van der Waals surface area contributed by atoms with Crippen LogP contribution in [0.1, 0.15) is 33.6 Å². The molecule has 0 heterocycles. The van der Waals surface area contributed by atoms with E-state index in [-0.39, 0.29) is 0 Å². The van der Waals surface area contributed by atoms with Gasteiger partial charge in [0, 0.05) is 0 Å². The number of terminal acetylenes is 1. The van der Waals surface area contributed by atoms with Crippen molar-refractivity contribution in [1.82, 2.24) is 0 Å². The number of ether oxygens (including phenoxy) is 1. The molecule has 0 aliphatic rings. The van der Waals surface area contributed by atoms with Crippen molar-refractivity contribution in [2.75, 3.05) is 13.2 Å². The van der Waals surface area contributed by atoms with Gasteiger partial charge in [-0.25, -0.2) is 0 Å². The Hall–Kier alpha value is -0.740. The first-order valence-corrected chi connectivity index (χ1v) is 4.90. The Morgan fingerprint density at radius 2 is 2.31 bits per heavy atom. The van der Waals surface area contributed by atoms with Crippen LogP contribution in [0.2, 0.25) is 0 Å². The summed E-state index contributed by atoms with van der Waals surface area (Å²) in [7, 11) is 0. The van der Waals surface area contributed by atoms with E-state index in [9.17, 15) is 0 Å². The molecular weight excluding hydrogens is 160 g/mol. The molecule has 1 heteroatoms. The van der Waals surface area contributed by atoms with Crippen molar-refractivity contribution in [1.29, 1.82) is 0 Å². The summed E-state index contributed by atoms with van der Waals surface area (Å²) in [6.45, 7) is 7.66. The van der Waals surface area contributed by atoms with Crippen LogP contribution in [0.4, 0.5) is 0 Å². The Bertz CT molecular complexity index is 186. The lowest BCUT2D eigenvalue weighted by Gasteiger charge is -2.10. The largest absolute Gasteiger partial charge is 0.365 e. The van der Waals surface area contributed by atoms with E-state index in [1.54, 1.807) is 0 Å². The molecule has 0 aliphatic heterocycles. The van der Waals surface area contributed by atoms with E-state index in [2.05, 4.69) is 32.8 Å². The average Bonchev–Trinajstić information content (AvgIpc) is 2.12. The average molecular weight is 180 g/mol. The first kappa shape index (κ1) is 12.3. The number of hydrogen-bond acceptors (Lipinski definition) is 1. The van der Waals surface area contributed by atoms with Gasteiger partial charge in [-0.05, 0) is 19.3 Å². The van der Waals surface area contributed by atoms with Gasteiger partial charge >= 0.3 is 0 Å². The molecule has 0 saturated carbocycles. The monoisotopic (exact) mass is 180 g/mol. The maximum absolute atomic E-state index is 5.17. The maximum Gasteiger partial charge on any atom is 0.107 e. The molecule has 0 saturated heterocycles. The molecular formula is C12H20O. The molecule has 0 radical (unpaired) electrons. The summed E-state index contributed by atoms with van der Waals surface area (Å²) in [5, 5.41) is 0. The Labute approximate surface area is 82.2 Å². The lowest BCUT2D eigenvalue weighted by atomic mass is 9.98. The fourth-order valence-corrected chi connectivity index (χ4v) is 1.17. The number of allylic oxidation sites excluding steroid dienone is 1. The van der Waals surface area contributed by atoms with E-state index in [1.807, 2.05) is 0 Å². The molecule has 0 amide bonds. The van der Waals surface area contributed by atoms with Crippen molar-refractivity contribution in [2.24, 2.45) is 5.92 Å². The molecule has 0 N–H and O–H groups in total. The lowest BCUT2D eigenvalue weighted by Crippen LogP contribution is -1.98. The van der Waals surface area contributed by atoms with Crippen molar-refractivity contribution in [3.63, 3.8) is 0 Å². The highest BCUT2D eigenvalue weighted by molar-refractivity contribution is 5.02. The Balaban J connectivity index is 3.68. The summed E-state index contributed by atoms with van der Waals surface area (Å²) >= 11 is 0. The van der Waals surface area contributed by atoms with Crippen LogP contribution < -0.4 is 0 Å². The summed E-state index contributed by atoms with van der Waals surface area (Å²) in [4.78, 5) is 0. The Morgan fingerprint density at radius 3 is 2.85 bits per heavy atom. The highest BCUT2D eigenvalue weighted by Crippen LogP contribution is 2.15. The van der Waals surface area contributed by atoms with Crippen LogP contribution in [0.25, 0.3) is 0 Å². The third-order valence-corrected chi connectivity index (χ3v) is 2.21. The molecule has 1 nitrogen and oxygen atoms in total. The number of rotatable bonds is 6. The molecule has 0 aromatic heterocycles. The second-order valence-corrected chi connectivity index (χ2v) is 3.36. The van der Waals surface area contributed by atoms with Gasteiger partial charge in [-0.15, -0.1) is 6.42 Å². The van der Waals surface area contributed by atoms with Crippen molar-refractivity contribution in [3.05, 3.63) is 11.6 Å². The Kier molecular flexibility index (Phi) is 7.44. The smallest absolute Gasteiger partial charge is 0.107 e. The first-order chi connectivity index (χ1) is 6.22. The van der Waals surface area contributed by atoms with Crippen LogP contribution in [0.5, 0.6) is 0 Å². The van der Waals surface area contributed by atoms with Gasteiger partial charge in [-0.3, -0.25) is 0 Å². The summed E-state index contributed by atoms with van der Waals surface area (Å²) < 4.78 is 5.17. The highest BCUT2D eigenvalue weighted by Gasteiger charge is 2.01. The number of hydrogen-bond donors (Lipinski definition) is 0. The van der Waals surface area contributed by atoms with E-state index in [0.29, 0.717) is 19.1 Å². The minimum absolute atomic E-state index is 0.409. The van der Waals surface area contributed by atoms with Crippen LogP contribution in [0.3, 0.4) is 0 Å². The minimum Gasteiger partial charge on any atom is -0.365 e. The second-order valence-electron chi connectivity index (χ2n) is 3.36. The normalized spacial score (nSPS) is 13.8. The van der Waals surface area contributed by atoms with Crippen molar-refractivity contribution in [2.45, 2.75) is 33.6 Å². The first-order valence-electron chi connectivity index (χ1n) is 4.90. The van der Waals surface area contributed by atoms with Gasteiger partial charge in [-0.1, -0.05) is 37.8 Å². The van der Waals surface area contributed by atoms with Gasteiger partial charge in [-0.2, -0.15) is 0 Å². The molecule has 1 unspecified atom stereocenters. The van der Waals surface area contributed by atoms with E-state index in [4.69, 9.17) is 11.2 Å². The molecule has 0 aromatic carbocycles. The molecule has 0 fully saturated rings. The third-order valence-electron chi connectivity index (χ3n) is 2.21. The molecule has 0 aliphatic carbocycles.